The van der Waals surface area contributed by atoms with Gasteiger partial charge in [0.15, 0.2) is 0 Å². The van der Waals surface area contributed by atoms with Crippen LogP contribution in [-0.4, -0.2) is 40.4 Å². The molecule has 2 amide bonds. The quantitative estimate of drug-likeness (QED) is 0.563. The van der Waals surface area contributed by atoms with Crippen LogP contribution in [0.3, 0.4) is 0 Å². The fourth-order valence-corrected chi connectivity index (χ4v) is 2.96. The standard InChI is InChI=1S/C21H32N4O2/c1-8-24(13-20(26)23-15(4)5)21(27)19(11-22)10-18-9-16(6)25(17(18)7)12-14(2)3/h9-10,14-15H,8,12-13H2,1-7H3,(H,23,26). The molecule has 0 radical (unpaired) electrons. The highest BCUT2D eigenvalue weighted by atomic mass is 16.2. The normalized spacial score (nSPS) is 11.6. The maximum Gasteiger partial charge on any atom is 0.264 e. The highest BCUT2D eigenvalue weighted by Crippen LogP contribution is 2.20. The minimum absolute atomic E-state index is 0.00336. The van der Waals surface area contributed by atoms with Gasteiger partial charge >= 0.3 is 0 Å². The van der Waals surface area contributed by atoms with Gasteiger partial charge in [-0.1, -0.05) is 13.8 Å². The molecule has 0 aliphatic carbocycles. The fraction of sp³-hybridized carbons (Fsp3) is 0.571. The van der Waals surface area contributed by atoms with Gasteiger partial charge in [-0.15, -0.1) is 0 Å². The molecule has 0 aromatic carbocycles. The number of aromatic nitrogens is 1. The molecule has 0 atom stereocenters. The van der Waals surface area contributed by atoms with E-state index in [0.29, 0.717) is 12.5 Å². The van der Waals surface area contributed by atoms with Crippen LogP contribution in [-0.2, 0) is 16.1 Å². The lowest BCUT2D eigenvalue weighted by Gasteiger charge is -2.20. The monoisotopic (exact) mass is 372 g/mol. The van der Waals surface area contributed by atoms with Crippen LogP contribution in [0.4, 0.5) is 0 Å². The molecule has 27 heavy (non-hydrogen) atoms. The summed E-state index contributed by atoms with van der Waals surface area (Å²) >= 11 is 0. The van der Waals surface area contributed by atoms with E-state index in [1.165, 1.54) is 4.90 Å². The summed E-state index contributed by atoms with van der Waals surface area (Å²) < 4.78 is 2.20. The molecule has 0 saturated heterocycles. The Labute approximate surface area is 162 Å². The number of carbonyl (C=O) groups is 2. The van der Waals surface area contributed by atoms with Crippen molar-refractivity contribution in [2.24, 2.45) is 5.92 Å². The van der Waals surface area contributed by atoms with Gasteiger partial charge in [-0.05, 0) is 58.2 Å². The highest BCUT2D eigenvalue weighted by molar-refractivity contribution is 6.03. The Kier molecular flexibility index (Phi) is 8.30. The van der Waals surface area contributed by atoms with E-state index >= 15 is 0 Å². The van der Waals surface area contributed by atoms with Crippen LogP contribution in [0, 0.1) is 31.1 Å². The number of rotatable bonds is 8. The maximum absolute atomic E-state index is 12.8. The second kappa shape index (κ2) is 9.96. The van der Waals surface area contributed by atoms with Crippen molar-refractivity contribution in [3.8, 4) is 6.07 Å². The summed E-state index contributed by atoms with van der Waals surface area (Å²) in [6, 6.07) is 4.00. The molecule has 0 aliphatic rings. The Morgan fingerprint density at radius 1 is 1.30 bits per heavy atom. The smallest absolute Gasteiger partial charge is 0.264 e. The van der Waals surface area contributed by atoms with Gasteiger partial charge in [-0.3, -0.25) is 9.59 Å². The summed E-state index contributed by atoms with van der Waals surface area (Å²) in [7, 11) is 0. The first-order valence-corrected chi connectivity index (χ1v) is 9.47. The Morgan fingerprint density at radius 3 is 2.41 bits per heavy atom. The average Bonchev–Trinajstić information content (AvgIpc) is 2.83. The van der Waals surface area contributed by atoms with Crippen molar-refractivity contribution in [2.75, 3.05) is 13.1 Å². The zero-order valence-corrected chi connectivity index (χ0v) is 17.6. The van der Waals surface area contributed by atoms with E-state index in [2.05, 4.69) is 23.7 Å². The van der Waals surface area contributed by atoms with Crippen molar-refractivity contribution >= 4 is 17.9 Å². The van der Waals surface area contributed by atoms with Crippen LogP contribution < -0.4 is 5.32 Å². The van der Waals surface area contributed by atoms with Crippen molar-refractivity contribution < 1.29 is 9.59 Å². The third kappa shape index (κ3) is 6.28. The van der Waals surface area contributed by atoms with Crippen molar-refractivity contribution in [2.45, 2.75) is 61.1 Å². The van der Waals surface area contributed by atoms with E-state index in [-0.39, 0.29) is 24.1 Å². The Morgan fingerprint density at radius 2 is 1.93 bits per heavy atom. The number of hydrogen-bond acceptors (Lipinski definition) is 3. The van der Waals surface area contributed by atoms with Gasteiger partial charge in [0.1, 0.15) is 11.6 Å². The number of nitriles is 1. The lowest BCUT2D eigenvalue weighted by Crippen LogP contribution is -2.43. The number of amides is 2. The number of carbonyl (C=O) groups excluding carboxylic acids is 2. The number of hydrogen-bond donors (Lipinski definition) is 1. The van der Waals surface area contributed by atoms with Gasteiger partial charge in [-0.25, -0.2) is 0 Å². The maximum atomic E-state index is 12.8. The van der Waals surface area contributed by atoms with Gasteiger partial charge in [0.2, 0.25) is 5.91 Å². The summed E-state index contributed by atoms with van der Waals surface area (Å²) in [6.45, 7) is 15.0. The highest BCUT2D eigenvalue weighted by Gasteiger charge is 2.21. The summed E-state index contributed by atoms with van der Waals surface area (Å²) in [5.74, 6) is -0.154. The molecule has 0 spiro atoms. The van der Waals surface area contributed by atoms with E-state index in [0.717, 1.165) is 23.5 Å². The molecule has 1 heterocycles. The largest absolute Gasteiger partial charge is 0.352 e. The molecule has 148 valence electrons. The third-order valence-electron chi connectivity index (χ3n) is 4.26. The van der Waals surface area contributed by atoms with E-state index in [1.54, 1.807) is 13.0 Å². The summed E-state index contributed by atoms with van der Waals surface area (Å²) in [5, 5.41) is 12.3. The van der Waals surface area contributed by atoms with Gasteiger partial charge < -0.3 is 14.8 Å². The van der Waals surface area contributed by atoms with Crippen LogP contribution in [0.2, 0.25) is 0 Å². The molecule has 0 unspecified atom stereocenters. The predicted octanol–water partition coefficient (Wildman–Crippen LogP) is 3.04. The number of nitrogens with zero attached hydrogens (tertiary/aromatic N) is 3. The molecule has 1 aromatic rings. The molecule has 0 saturated carbocycles. The molecule has 6 nitrogen and oxygen atoms in total. The van der Waals surface area contributed by atoms with Crippen molar-refractivity contribution in [3.05, 3.63) is 28.6 Å². The average molecular weight is 373 g/mol. The van der Waals surface area contributed by atoms with E-state index < -0.39 is 5.91 Å². The molecule has 0 bridgehead atoms. The van der Waals surface area contributed by atoms with Gasteiger partial charge in [-0.2, -0.15) is 5.26 Å². The lowest BCUT2D eigenvalue weighted by atomic mass is 10.1. The van der Waals surface area contributed by atoms with Crippen LogP contribution in [0.15, 0.2) is 11.6 Å². The van der Waals surface area contributed by atoms with Crippen LogP contribution in [0.25, 0.3) is 6.08 Å². The van der Waals surface area contributed by atoms with Crippen LogP contribution in [0.5, 0.6) is 0 Å². The Bertz CT molecular complexity index is 751. The molecule has 0 aliphatic heterocycles. The molecule has 6 heteroatoms. The SMILES string of the molecule is CCN(CC(=O)NC(C)C)C(=O)C(C#N)=Cc1cc(C)n(CC(C)C)c1C. The fourth-order valence-electron chi connectivity index (χ4n) is 2.96. The minimum atomic E-state index is -0.424. The van der Waals surface area contributed by atoms with Gasteiger partial charge in [0, 0.05) is 30.5 Å². The topological polar surface area (TPSA) is 78.1 Å². The first-order valence-electron chi connectivity index (χ1n) is 9.47. The first-order chi connectivity index (χ1) is 12.6. The summed E-state index contributed by atoms with van der Waals surface area (Å²) in [6.07, 6.45) is 1.63. The number of aryl methyl sites for hydroxylation is 1. The molecular formula is C21H32N4O2. The Balaban J connectivity index is 3.10. The number of nitrogens with one attached hydrogen (secondary N) is 1. The van der Waals surface area contributed by atoms with E-state index in [4.69, 9.17) is 0 Å². The molecule has 0 fully saturated rings. The van der Waals surface area contributed by atoms with Crippen molar-refractivity contribution in [3.63, 3.8) is 0 Å². The van der Waals surface area contributed by atoms with Gasteiger partial charge in [0.05, 0.1) is 6.54 Å². The zero-order chi connectivity index (χ0) is 20.7. The second-order valence-electron chi connectivity index (χ2n) is 7.54. The molecule has 1 aromatic heterocycles. The second-order valence-corrected chi connectivity index (χ2v) is 7.54. The van der Waals surface area contributed by atoms with Gasteiger partial charge in [0.25, 0.3) is 5.91 Å². The van der Waals surface area contributed by atoms with E-state index in [1.807, 2.05) is 39.8 Å². The Hall–Kier alpha value is -2.55. The third-order valence-corrected chi connectivity index (χ3v) is 4.26. The zero-order valence-electron chi connectivity index (χ0n) is 17.6. The summed E-state index contributed by atoms with van der Waals surface area (Å²) in [4.78, 5) is 26.1. The number of likely N-dealkylation sites (N-methyl/N-ethyl adjacent to an activating group) is 1. The van der Waals surface area contributed by atoms with E-state index in [9.17, 15) is 14.9 Å². The summed E-state index contributed by atoms with van der Waals surface area (Å²) in [5.41, 5.74) is 3.03. The minimum Gasteiger partial charge on any atom is -0.352 e. The lowest BCUT2D eigenvalue weighted by molar-refractivity contribution is -0.132. The van der Waals surface area contributed by atoms with Crippen LogP contribution >= 0.6 is 0 Å². The first kappa shape index (κ1) is 22.5. The van der Waals surface area contributed by atoms with Crippen molar-refractivity contribution in [1.82, 2.24) is 14.8 Å². The molecule has 1 rings (SSSR count). The molecular weight excluding hydrogens is 340 g/mol. The van der Waals surface area contributed by atoms with Crippen LogP contribution in [0.1, 0.15) is 51.6 Å². The predicted molar refractivity (Wildman–Crippen MR) is 108 cm³/mol. The van der Waals surface area contributed by atoms with Crippen molar-refractivity contribution in [1.29, 1.82) is 5.26 Å². The molecule has 1 N–H and O–H groups in total.